The molecule has 170 valence electrons. The second-order valence-electron chi connectivity index (χ2n) is 8.13. The van der Waals surface area contributed by atoms with E-state index in [9.17, 15) is 39.9 Å². The van der Waals surface area contributed by atoms with Crippen molar-refractivity contribution in [2.75, 3.05) is 0 Å². The Morgan fingerprint density at radius 1 is 0.706 bits per heavy atom. The van der Waals surface area contributed by atoms with E-state index in [4.69, 9.17) is 4.42 Å². The molecule has 1 aliphatic carbocycles. The predicted octanol–water partition coefficient (Wildman–Crippen LogP) is 3.38. The quantitative estimate of drug-likeness (QED) is 0.196. The van der Waals surface area contributed by atoms with Crippen molar-refractivity contribution in [2.24, 2.45) is 0 Å². The molecule has 5 rings (SSSR count). The van der Waals surface area contributed by atoms with Gasteiger partial charge in [-0.25, -0.2) is 4.79 Å². The monoisotopic (exact) mass is 460 g/mol. The smallest absolute Gasteiger partial charge is 0.348 e. The first kappa shape index (κ1) is 21.1. The maximum absolute atomic E-state index is 13.6. The lowest BCUT2D eigenvalue weighted by Crippen LogP contribution is -2.22. The minimum atomic E-state index is -1.10. The third-order valence-corrected chi connectivity index (χ3v) is 5.92. The van der Waals surface area contributed by atoms with Crippen LogP contribution in [0.2, 0.25) is 0 Å². The van der Waals surface area contributed by atoms with Crippen LogP contribution < -0.4 is 5.63 Å². The number of carbonyl (C=O) groups is 2. The Kier molecular flexibility index (Phi) is 4.25. The second kappa shape index (κ2) is 6.85. The highest BCUT2D eigenvalue weighted by molar-refractivity contribution is 6.31. The van der Waals surface area contributed by atoms with Gasteiger partial charge in [-0.2, -0.15) is 0 Å². The number of aromatic hydroxyl groups is 5. The summed E-state index contributed by atoms with van der Waals surface area (Å²) in [4.78, 5) is 40.1. The summed E-state index contributed by atoms with van der Waals surface area (Å²) in [7, 11) is 0. The third kappa shape index (κ3) is 2.70. The second-order valence-corrected chi connectivity index (χ2v) is 8.13. The summed E-state index contributed by atoms with van der Waals surface area (Å²) < 4.78 is 5.41. The molecule has 1 aromatic heterocycles. The highest BCUT2D eigenvalue weighted by Gasteiger charge is 2.37. The van der Waals surface area contributed by atoms with Crippen molar-refractivity contribution >= 4 is 22.5 Å². The summed E-state index contributed by atoms with van der Waals surface area (Å²) in [5.41, 5.74) is -2.42. The van der Waals surface area contributed by atoms with Gasteiger partial charge in [0.15, 0.2) is 0 Å². The zero-order valence-corrected chi connectivity index (χ0v) is 17.8. The van der Waals surface area contributed by atoms with E-state index < -0.39 is 45.8 Å². The molecule has 0 amide bonds. The van der Waals surface area contributed by atoms with Crippen LogP contribution >= 0.6 is 0 Å². The molecule has 34 heavy (non-hydrogen) atoms. The lowest BCUT2D eigenvalue weighted by molar-refractivity contribution is 0.102. The molecule has 0 unspecified atom stereocenters. The molecule has 0 bridgehead atoms. The fourth-order valence-corrected chi connectivity index (χ4v) is 4.57. The molecule has 0 spiro atoms. The van der Waals surface area contributed by atoms with Crippen LogP contribution in [0.1, 0.15) is 43.0 Å². The van der Waals surface area contributed by atoms with Crippen LogP contribution in [0.3, 0.4) is 0 Å². The fourth-order valence-electron chi connectivity index (χ4n) is 4.57. The number of hydrogen-bond acceptors (Lipinski definition) is 9. The lowest BCUT2D eigenvalue weighted by atomic mass is 9.79. The van der Waals surface area contributed by atoms with Gasteiger partial charge in [0, 0.05) is 28.6 Å². The SMILES string of the molecule is Cc1cc(O)cc(O)c1C(=O)c1c2c3c(c(O)cc(C)c3oc1=O)C(=O)c1c(O)cc(O)cc1-2. The summed E-state index contributed by atoms with van der Waals surface area (Å²) in [6, 6.07) is 5.42. The molecular formula is C25H16O9. The van der Waals surface area contributed by atoms with Crippen LogP contribution in [0, 0.1) is 13.8 Å². The number of phenolic OH excluding ortho intramolecular Hbond substituents is 5. The van der Waals surface area contributed by atoms with Crippen LogP contribution in [0.15, 0.2) is 39.5 Å². The van der Waals surface area contributed by atoms with E-state index >= 15 is 0 Å². The van der Waals surface area contributed by atoms with Gasteiger partial charge in [0.2, 0.25) is 11.6 Å². The Labute approximate surface area is 190 Å². The van der Waals surface area contributed by atoms with Gasteiger partial charge in [-0.3, -0.25) is 9.59 Å². The minimum absolute atomic E-state index is 0.0427. The van der Waals surface area contributed by atoms with Crippen molar-refractivity contribution in [2.45, 2.75) is 13.8 Å². The van der Waals surface area contributed by atoms with Gasteiger partial charge in [-0.1, -0.05) is 0 Å². The van der Waals surface area contributed by atoms with E-state index in [1.165, 1.54) is 26.0 Å². The van der Waals surface area contributed by atoms with Crippen molar-refractivity contribution in [1.29, 1.82) is 0 Å². The van der Waals surface area contributed by atoms with Gasteiger partial charge >= 0.3 is 5.63 Å². The van der Waals surface area contributed by atoms with Crippen LogP contribution in [-0.2, 0) is 0 Å². The molecule has 9 nitrogen and oxygen atoms in total. The van der Waals surface area contributed by atoms with Crippen LogP contribution in [-0.4, -0.2) is 37.1 Å². The normalized spacial score (nSPS) is 12.1. The molecule has 3 aromatic carbocycles. The summed E-state index contributed by atoms with van der Waals surface area (Å²) in [5.74, 6) is -4.17. The molecule has 0 radical (unpaired) electrons. The highest BCUT2D eigenvalue weighted by atomic mass is 16.4. The molecule has 0 saturated carbocycles. The summed E-state index contributed by atoms with van der Waals surface area (Å²) in [6.07, 6.45) is 0. The first-order valence-electron chi connectivity index (χ1n) is 10.0. The Morgan fingerprint density at radius 3 is 2.00 bits per heavy atom. The lowest BCUT2D eigenvalue weighted by Gasteiger charge is -2.23. The fraction of sp³-hybridized carbons (Fsp3) is 0.0800. The number of hydrogen-bond donors (Lipinski definition) is 5. The molecule has 0 atom stereocenters. The van der Waals surface area contributed by atoms with Crippen molar-refractivity contribution in [1.82, 2.24) is 0 Å². The van der Waals surface area contributed by atoms with Gasteiger partial charge in [-0.15, -0.1) is 0 Å². The summed E-state index contributed by atoms with van der Waals surface area (Å²) in [6.45, 7) is 2.97. The molecule has 4 aromatic rings. The van der Waals surface area contributed by atoms with Crippen molar-refractivity contribution in [3.05, 3.63) is 74.1 Å². The third-order valence-electron chi connectivity index (χ3n) is 5.92. The predicted molar refractivity (Wildman–Crippen MR) is 119 cm³/mol. The van der Waals surface area contributed by atoms with E-state index in [-0.39, 0.29) is 50.1 Å². The van der Waals surface area contributed by atoms with E-state index in [1.807, 2.05) is 0 Å². The van der Waals surface area contributed by atoms with E-state index in [1.54, 1.807) is 0 Å². The average molecular weight is 460 g/mol. The molecule has 0 aliphatic heterocycles. The number of rotatable bonds is 2. The molecular weight excluding hydrogens is 444 g/mol. The maximum Gasteiger partial charge on any atom is 0.348 e. The van der Waals surface area contributed by atoms with Crippen molar-refractivity contribution < 1.29 is 39.5 Å². The standard InChI is InChI=1S/C25H16O9/c1-8-3-10(26)6-14(29)16(8)22(31)21-18-12-5-11(27)7-15(30)17(12)23(32)19-13(28)4-9(2)24(20(18)19)34-25(21)33/h3-7,26-30H,1-2H3. The Balaban J connectivity index is 2.02. The van der Waals surface area contributed by atoms with Crippen LogP contribution in [0.5, 0.6) is 28.7 Å². The number of carbonyl (C=O) groups excluding carboxylic acids is 2. The number of fused-ring (bicyclic) bond motifs is 2. The Morgan fingerprint density at radius 2 is 1.32 bits per heavy atom. The number of benzene rings is 3. The zero-order valence-electron chi connectivity index (χ0n) is 17.8. The highest BCUT2D eigenvalue weighted by Crippen LogP contribution is 2.48. The first-order chi connectivity index (χ1) is 16.0. The van der Waals surface area contributed by atoms with Gasteiger partial charge in [-0.05, 0) is 43.2 Å². The van der Waals surface area contributed by atoms with Crippen molar-refractivity contribution in [3.8, 4) is 39.9 Å². The van der Waals surface area contributed by atoms with Gasteiger partial charge in [0.05, 0.1) is 16.7 Å². The number of phenols is 5. The van der Waals surface area contributed by atoms with E-state index in [0.717, 1.165) is 18.2 Å². The van der Waals surface area contributed by atoms with E-state index in [0.29, 0.717) is 5.56 Å². The summed E-state index contributed by atoms with van der Waals surface area (Å²) >= 11 is 0. The summed E-state index contributed by atoms with van der Waals surface area (Å²) in [5, 5.41) is 51.2. The maximum atomic E-state index is 13.6. The molecule has 1 heterocycles. The van der Waals surface area contributed by atoms with Crippen LogP contribution in [0.25, 0.3) is 22.1 Å². The average Bonchev–Trinajstić information content (AvgIpc) is 2.71. The van der Waals surface area contributed by atoms with Crippen LogP contribution in [0.4, 0.5) is 0 Å². The first-order valence-corrected chi connectivity index (χ1v) is 10.0. The molecule has 5 N–H and O–H groups in total. The zero-order chi connectivity index (χ0) is 24.6. The van der Waals surface area contributed by atoms with Crippen molar-refractivity contribution in [3.63, 3.8) is 0 Å². The molecule has 1 aliphatic rings. The number of ketones is 2. The van der Waals surface area contributed by atoms with Gasteiger partial charge in [0.1, 0.15) is 39.9 Å². The minimum Gasteiger partial charge on any atom is -0.508 e. The largest absolute Gasteiger partial charge is 0.508 e. The molecule has 0 saturated heterocycles. The Bertz CT molecular complexity index is 1650. The Hall–Kier alpha value is -4.79. The molecule has 9 heteroatoms. The van der Waals surface area contributed by atoms with Gasteiger partial charge < -0.3 is 29.9 Å². The van der Waals surface area contributed by atoms with Gasteiger partial charge in [0.25, 0.3) is 0 Å². The topological polar surface area (TPSA) is 165 Å². The molecule has 0 fully saturated rings. The van der Waals surface area contributed by atoms with E-state index in [2.05, 4.69) is 0 Å². The number of aryl methyl sites for hydroxylation is 2.